The van der Waals surface area contributed by atoms with Crippen LogP contribution in [0.4, 0.5) is 0 Å². The molecule has 3 aromatic rings. The van der Waals surface area contributed by atoms with Crippen molar-refractivity contribution in [1.29, 1.82) is 0 Å². The van der Waals surface area contributed by atoms with Crippen LogP contribution in [0.2, 0.25) is 0 Å². The van der Waals surface area contributed by atoms with Gasteiger partial charge in [0.15, 0.2) is 6.61 Å². The maximum absolute atomic E-state index is 12.5. The van der Waals surface area contributed by atoms with Crippen molar-refractivity contribution in [3.05, 3.63) is 58.7 Å². The lowest BCUT2D eigenvalue weighted by molar-refractivity contribution is -0.102. The van der Waals surface area contributed by atoms with E-state index in [9.17, 15) is 4.79 Å². The lowest BCUT2D eigenvalue weighted by Crippen LogP contribution is -2.34. The number of aromatic nitrogens is 3. The van der Waals surface area contributed by atoms with Crippen LogP contribution in [0.3, 0.4) is 0 Å². The zero-order valence-electron chi connectivity index (χ0n) is 16.3. The molecule has 0 amide bonds. The Morgan fingerprint density at radius 2 is 2.17 bits per heavy atom. The summed E-state index contributed by atoms with van der Waals surface area (Å²) in [5.74, 6) is 1.53. The summed E-state index contributed by atoms with van der Waals surface area (Å²) in [5.41, 5.74) is 2.52. The summed E-state index contributed by atoms with van der Waals surface area (Å²) in [6.45, 7) is 2.71. The van der Waals surface area contributed by atoms with Crippen LogP contribution in [0.5, 0.6) is 11.6 Å². The Bertz CT molecular complexity index is 1070. The Balaban J connectivity index is 1.35. The minimum atomic E-state index is -0.321. The van der Waals surface area contributed by atoms with Crippen LogP contribution >= 0.6 is 0 Å². The molecule has 5 rings (SSSR count). The second-order valence-electron chi connectivity index (χ2n) is 7.08. The van der Waals surface area contributed by atoms with Crippen molar-refractivity contribution in [2.24, 2.45) is 0 Å². The van der Waals surface area contributed by atoms with Gasteiger partial charge in [0.05, 0.1) is 31.7 Å². The topological polar surface area (TPSA) is 97.8 Å². The monoisotopic (exact) mass is 411 g/mol. The largest absolute Gasteiger partial charge is 0.484 e. The standard InChI is InChI=1S/C21H21N3O6/c25-21-23-19(30-12-16-11-26-7-8-27-16)10-18-17-2-1-15(9-14(17)3-5-24(18)21)29-13-20-22-4-6-28-20/h1-2,4,6,9-10,16H,3,5,7-8,11-13H2. The van der Waals surface area contributed by atoms with Crippen LogP contribution in [-0.4, -0.2) is 47.1 Å². The number of nitrogens with zero attached hydrogens (tertiary/aromatic N) is 3. The first-order valence-electron chi connectivity index (χ1n) is 9.85. The van der Waals surface area contributed by atoms with Crippen LogP contribution in [0.25, 0.3) is 11.3 Å². The summed E-state index contributed by atoms with van der Waals surface area (Å²) in [6.07, 6.45) is 3.66. The second-order valence-corrected chi connectivity index (χ2v) is 7.08. The minimum Gasteiger partial charge on any atom is -0.484 e. The Morgan fingerprint density at radius 3 is 3.00 bits per heavy atom. The lowest BCUT2D eigenvalue weighted by Gasteiger charge is -2.24. The van der Waals surface area contributed by atoms with E-state index >= 15 is 0 Å². The van der Waals surface area contributed by atoms with E-state index in [0.717, 1.165) is 22.6 Å². The molecule has 0 saturated carbocycles. The van der Waals surface area contributed by atoms with Gasteiger partial charge in [-0.05, 0) is 30.2 Å². The number of oxazole rings is 1. The summed E-state index contributed by atoms with van der Waals surface area (Å²) in [5, 5.41) is 0. The van der Waals surface area contributed by atoms with Gasteiger partial charge in [0.1, 0.15) is 24.7 Å². The Labute approximate surface area is 172 Å². The molecule has 4 heterocycles. The zero-order valence-corrected chi connectivity index (χ0v) is 16.3. The molecule has 2 aliphatic heterocycles. The Kier molecular flexibility index (Phi) is 5.20. The molecule has 1 fully saturated rings. The van der Waals surface area contributed by atoms with Crippen LogP contribution in [-0.2, 0) is 29.0 Å². The SMILES string of the molecule is O=c1nc(OCC2COCCO2)cc2n1CCc1cc(OCc3ncco3)ccc1-2. The third-order valence-electron chi connectivity index (χ3n) is 5.09. The van der Waals surface area contributed by atoms with Crippen molar-refractivity contribution in [3.8, 4) is 22.9 Å². The Hall–Kier alpha value is -3.17. The van der Waals surface area contributed by atoms with Crippen molar-refractivity contribution in [2.45, 2.75) is 25.7 Å². The van der Waals surface area contributed by atoms with Crippen LogP contribution in [0.15, 0.2) is 45.9 Å². The van der Waals surface area contributed by atoms with Gasteiger partial charge in [-0.2, -0.15) is 4.98 Å². The zero-order chi connectivity index (χ0) is 20.3. The third kappa shape index (κ3) is 3.94. The molecule has 2 aromatic heterocycles. The molecular weight excluding hydrogens is 390 g/mol. The summed E-state index contributed by atoms with van der Waals surface area (Å²) in [6, 6.07) is 7.61. The molecule has 9 nitrogen and oxygen atoms in total. The molecule has 1 aromatic carbocycles. The summed E-state index contributed by atoms with van der Waals surface area (Å²) >= 11 is 0. The highest BCUT2D eigenvalue weighted by Gasteiger charge is 2.21. The van der Waals surface area contributed by atoms with E-state index in [1.54, 1.807) is 16.8 Å². The molecule has 9 heteroatoms. The van der Waals surface area contributed by atoms with Crippen LogP contribution in [0, 0.1) is 0 Å². The number of hydrogen-bond donors (Lipinski definition) is 0. The Morgan fingerprint density at radius 1 is 1.20 bits per heavy atom. The number of aryl methyl sites for hydroxylation is 1. The third-order valence-corrected chi connectivity index (χ3v) is 5.09. The number of ether oxygens (including phenoxy) is 4. The van der Waals surface area contributed by atoms with Gasteiger partial charge in [0, 0.05) is 18.2 Å². The second kappa shape index (κ2) is 8.29. The first-order valence-corrected chi connectivity index (χ1v) is 9.85. The van der Waals surface area contributed by atoms with Gasteiger partial charge in [0.2, 0.25) is 11.8 Å². The molecule has 0 spiro atoms. The molecular formula is C21H21N3O6. The highest BCUT2D eigenvalue weighted by Crippen LogP contribution is 2.32. The van der Waals surface area contributed by atoms with Gasteiger partial charge in [-0.1, -0.05) is 0 Å². The molecule has 0 bridgehead atoms. The van der Waals surface area contributed by atoms with Gasteiger partial charge in [0.25, 0.3) is 0 Å². The fraction of sp³-hybridized carbons (Fsp3) is 0.381. The van der Waals surface area contributed by atoms with Gasteiger partial charge < -0.3 is 23.4 Å². The molecule has 1 atom stereocenters. The van der Waals surface area contributed by atoms with E-state index < -0.39 is 0 Å². The quantitative estimate of drug-likeness (QED) is 0.606. The van der Waals surface area contributed by atoms with Gasteiger partial charge in [-0.25, -0.2) is 9.78 Å². The fourth-order valence-corrected chi connectivity index (χ4v) is 3.63. The molecule has 156 valence electrons. The van der Waals surface area contributed by atoms with Crippen molar-refractivity contribution in [2.75, 3.05) is 26.4 Å². The number of fused-ring (bicyclic) bond motifs is 3. The maximum atomic E-state index is 12.5. The highest BCUT2D eigenvalue weighted by atomic mass is 16.6. The van der Waals surface area contributed by atoms with E-state index in [1.165, 1.54) is 6.26 Å². The van der Waals surface area contributed by atoms with Crippen LogP contribution < -0.4 is 15.2 Å². The van der Waals surface area contributed by atoms with Crippen molar-refractivity contribution < 1.29 is 23.4 Å². The van der Waals surface area contributed by atoms with E-state index in [-0.39, 0.29) is 30.9 Å². The lowest BCUT2D eigenvalue weighted by atomic mass is 9.97. The average molecular weight is 411 g/mol. The van der Waals surface area contributed by atoms with Gasteiger partial charge >= 0.3 is 5.69 Å². The van der Waals surface area contributed by atoms with Crippen molar-refractivity contribution in [3.63, 3.8) is 0 Å². The van der Waals surface area contributed by atoms with E-state index in [1.807, 2.05) is 18.2 Å². The average Bonchev–Trinajstić information content (AvgIpc) is 3.30. The fourth-order valence-electron chi connectivity index (χ4n) is 3.63. The normalized spacial score (nSPS) is 17.8. The summed E-state index contributed by atoms with van der Waals surface area (Å²) < 4.78 is 29.3. The minimum absolute atomic E-state index is 0.157. The molecule has 0 N–H and O–H groups in total. The summed E-state index contributed by atoms with van der Waals surface area (Å²) in [7, 11) is 0. The van der Waals surface area contributed by atoms with Crippen LogP contribution in [0.1, 0.15) is 11.5 Å². The number of rotatable bonds is 6. The molecule has 1 unspecified atom stereocenters. The predicted octanol–water partition coefficient (Wildman–Crippen LogP) is 1.83. The van der Waals surface area contributed by atoms with Crippen molar-refractivity contribution in [1.82, 2.24) is 14.5 Å². The van der Waals surface area contributed by atoms with E-state index in [4.69, 9.17) is 23.4 Å². The highest BCUT2D eigenvalue weighted by molar-refractivity contribution is 5.67. The number of benzene rings is 1. The number of hydrogen-bond acceptors (Lipinski definition) is 8. The van der Waals surface area contributed by atoms with Crippen molar-refractivity contribution >= 4 is 0 Å². The molecule has 0 radical (unpaired) electrons. The predicted molar refractivity (Wildman–Crippen MR) is 105 cm³/mol. The molecule has 1 saturated heterocycles. The van der Waals surface area contributed by atoms with Gasteiger partial charge in [-0.15, -0.1) is 0 Å². The first kappa shape index (κ1) is 18.8. The molecule has 2 aliphatic rings. The molecule has 0 aliphatic carbocycles. The first-order chi connectivity index (χ1) is 14.8. The maximum Gasteiger partial charge on any atom is 0.351 e. The molecule has 30 heavy (non-hydrogen) atoms. The summed E-state index contributed by atoms with van der Waals surface area (Å²) in [4.78, 5) is 20.6. The smallest absolute Gasteiger partial charge is 0.351 e. The van der Waals surface area contributed by atoms with E-state index in [2.05, 4.69) is 9.97 Å². The van der Waals surface area contributed by atoms with Gasteiger partial charge in [-0.3, -0.25) is 4.57 Å². The van der Waals surface area contributed by atoms with E-state index in [0.29, 0.717) is 38.7 Å².